The highest BCUT2D eigenvalue weighted by atomic mass is 16.3. The first-order valence-electron chi connectivity index (χ1n) is 7.66. The second kappa shape index (κ2) is 6.42. The lowest BCUT2D eigenvalue weighted by atomic mass is 10.1. The van der Waals surface area contributed by atoms with E-state index in [1.54, 1.807) is 0 Å². The predicted molar refractivity (Wildman–Crippen MR) is 81.5 cm³/mol. The first-order valence-corrected chi connectivity index (χ1v) is 7.66. The van der Waals surface area contributed by atoms with Crippen LogP contribution < -0.4 is 4.90 Å². The summed E-state index contributed by atoms with van der Waals surface area (Å²) in [7, 11) is 0. The molecule has 0 amide bonds. The molecule has 1 fully saturated rings. The third-order valence-corrected chi connectivity index (χ3v) is 3.93. The van der Waals surface area contributed by atoms with Gasteiger partial charge in [0.2, 0.25) is 0 Å². The number of aliphatic hydroxyl groups excluding tert-OH is 1. The van der Waals surface area contributed by atoms with E-state index in [1.165, 1.54) is 24.9 Å². The minimum atomic E-state index is -0.320. The average molecular weight is 261 g/mol. The number of rotatable bonds is 7. The lowest BCUT2D eigenvalue weighted by molar-refractivity contribution is 0.173. The van der Waals surface area contributed by atoms with Gasteiger partial charge in [-0.15, -0.1) is 0 Å². The Hall–Kier alpha value is -1.02. The summed E-state index contributed by atoms with van der Waals surface area (Å²) in [6.07, 6.45) is 4.36. The molecule has 2 nitrogen and oxygen atoms in total. The monoisotopic (exact) mass is 261 g/mol. The van der Waals surface area contributed by atoms with Crippen molar-refractivity contribution in [1.29, 1.82) is 0 Å². The quantitative estimate of drug-likeness (QED) is 0.797. The molecular formula is C17H27NO. The van der Waals surface area contributed by atoms with E-state index in [9.17, 15) is 5.11 Å². The summed E-state index contributed by atoms with van der Waals surface area (Å²) in [6.45, 7) is 7.73. The van der Waals surface area contributed by atoms with Crippen LogP contribution in [0.15, 0.2) is 24.3 Å². The SMILES string of the molecule is CC[C@@H](O)c1ccc(N(CCC(C)C)C2CC2)cc1. The van der Waals surface area contributed by atoms with Crippen molar-refractivity contribution < 1.29 is 5.11 Å². The fourth-order valence-electron chi connectivity index (χ4n) is 2.43. The molecule has 2 heteroatoms. The van der Waals surface area contributed by atoms with Crippen molar-refractivity contribution in [3.8, 4) is 0 Å². The molecule has 0 aliphatic heterocycles. The highest BCUT2D eigenvalue weighted by Crippen LogP contribution is 2.32. The molecule has 19 heavy (non-hydrogen) atoms. The van der Waals surface area contributed by atoms with E-state index in [-0.39, 0.29) is 6.10 Å². The molecule has 1 N–H and O–H groups in total. The van der Waals surface area contributed by atoms with Gasteiger partial charge in [-0.3, -0.25) is 0 Å². The summed E-state index contributed by atoms with van der Waals surface area (Å²) in [5.41, 5.74) is 2.35. The van der Waals surface area contributed by atoms with Gasteiger partial charge in [0, 0.05) is 18.3 Å². The summed E-state index contributed by atoms with van der Waals surface area (Å²) in [5, 5.41) is 9.84. The molecule has 0 unspecified atom stereocenters. The minimum absolute atomic E-state index is 0.320. The van der Waals surface area contributed by atoms with E-state index < -0.39 is 0 Å². The molecule has 0 saturated heterocycles. The zero-order chi connectivity index (χ0) is 13.8. The maximum absolute atomic E-state index is 9.84. The first kappa shape index (κ1) is 14.4. The molecule has 0 bridgehead atoms. The molecule has 2 rings (SSSR count). The predicted octanol–water partition coefficient (Wildman–Crippen LogP) is 4.14. The Morgan fingerprint density at radius 1 is 1.21 bits per heavy atom. The molecule has 0 spiro atoms. The maximum Gasteiger partial charge on any atom is 0.0787 e. The van der Waals surface area contributed by atoms with Crippen LogP contribution in [0.2, 0.25) is 0 Å². The number of aliphatic hydroxyl groups is 1. The Balaban J connectivity index is 2.04. The van der Waals surface area contributed by atoms with Gasteiger partial charge in [-0.05, 0) is 49.3 Å². The topological polar surface area (TPSA) is 23.5 Å². The lowest BCUT2D eigenvalue weighted by Gasteiger charge is -2.26. The van der Waals surface area contributed by atoms with Crippen LogP contribution in [0.4, 0.5) is 5.69 Å². The molecule has 1 aromatic carbocycles. The van der Waals surface area contributed by atoms with Crippen LogP contribution in [0.5, 0.6) is 0 Å². The van der Waals surface area contributed by atoms with Gasteiger partial charge in [-0.25, -0.2) is 0 Å². The Labute approximate surface area is 117 Å². The van der Waals surface area contributed by atoms with E-state index in [4.69, 9.17) is 0 Å². The molecule has 0 radical (unpaired) electrons. The van der Waals surface area contributed by atoms with Crippen LogP contribution in [0, 0.1) is 5.92 Å². The van der Waals surface area contributed by atoms with Crippen LogP contribution in [0.1, 0.15) is 58.1 Å². The van der Waals surface area contributed by atoms with E-state index >= 15 is 0 Å². The van der Waals surface area contributed by atoms with Crippen LogP contribution in [-0.4, -0.2) is 17.7 Å². The molecule has 1 saturated carbocycles. The van der Waals surface area contributed by atoms with Crippen molar-refractivity contribution in [2.75, 3.05) is 11.4 Å². The van der Waals surface area contributed by atoms with Crippen molar-refractivity contribution in [2.24, 2.45) is 5.92 Å². The summed E-state index contributed by atoms with van der Waals surface area (Å²) in [5.74, 6) is 0.752. The van der Waals surface area contributed by atoms with Crippen molar-refractivity contribution in [2.45, 2.75) is 58.6 Å². The number of benzene rings is 1. The normalized spacial score (nSPS) is 16.7. The minimum Gasteiger partial charge on any atom is -0.388 e. The van der Waals surface area contributed by atoms with Gasteiger partial charge in [0.05, 0.1) is 6.10 Å². The summed E-state index contributed by atoms with van der Waals surface area (Å²) < 4.78 is 0. The Bertz CT molecular complexity index is 381. The fourth-order valence-corrected chi connectivity index (χ4v) is 2.43. The summed E-state index contributed by atoms with van der Waals surface area (Å²) in [6, 6.07) is 9.25. The molecule has 1 aliphatic carbocycles. The summed E-state index contributed by atoms with van der Waals surface area (Å²) >= 11 is 0. The third-order valence-electron chi connectivity index (χ3n) is 3.93. The molecule has 1 atom stereocenters. The molecule has 0 heterocycles. The second-order valence-corrected chi connectivity index (χ2v) is 6.12. The number of hydrogen-bond acceptors (Lipinski definition) is 2. The van der Waals surface area contributed by atoms with E-state index in [2.05, 4.69) is 43.0 Å². The standard InChI is InChI=1S/C17H27NO/c1-4-17(19)14-5-7-15(8-6-14)18(16-9-10-16)12-11-13(2)3/h5-8,13,16-17,19H,4,9-12H2,1-3H3/t17-/m1/s1. The van der Waals surface area contributed by atoms with Gasteiger partial charge >= 0.3 is 0 Å². The van der Waals surface area contributed by atoms with Gasteiger partial charge in [0.25, 0.3) is 0 Å². The van der Waals surface area contributed by atoms with Gasteiger partial charge in [-0.1, -0.05) is 32.9 Å². The van der Waals surface area contributed by atoms with Crippen molar-refractivity contribution in [1.82, 2.24) is 0 Å². The fraction of sp³-hybridized carbons (Fsp3) is 0.647. The molecule has 0 aromatic heterocycles. The highest BCUT2D eigenvalue weighted by molar-refractivity contribution is 5.50. The number of hydrogen-bond donors (Lipinski definition) is 1. The van der Waals surface area contributed by atoms with Crippen LogP contribution in [0.25, 0.3) is 0 Å². The van der Waals surface area contributed by atoms with Gasteiger partial charge in [-0.2, -0.15) is 0 Å². The zero-order valence-electron chi connectivity index (χ0n) is 12.5. The first-order chi connectivity index (χ1) is 9.11. The van der Waals surface area contributed by atoms with Crippen molar-refractivity contribution in [3.05, 3.63) is 29.8 Å². The molecular weight excluding hydrogens is 234 g/mol. The van der Waals surface area contributed by atoms with E-state index in [1.807, 2.05) is 6.92 Å². The van der Waals surface area contributed by atoms with Crippen LogP contribution >= 0.6 is 0 Å². The Kier molecular flexibility index (Phi) is 4.87. The summed E-state index contributed by atoms with van der Waals surface area (Å²) in [4.78, 5) is 2.54. The van der Waals surface area contributed by atoms with Gasteiger partial charge in [0.15, 0.2) is 0 Å². The maximum atomic E-state index is 9.84. The zero-order valence-corrected chi connectivity index (χ0v) is 12.5. The van der Waals surface area contributed by atoms with E-state index in [0.29, 0.717) is 0 Å². The lowest BCUT2D eigenvalue weighted by Crippen LogP contribution is -2.27. The average Bonchev–Trinajstić information content (AvgIpc) is 3.23. The largest absolute Gasteiger partial charge is 0.388 e. The van der Waals surface area contributed by atoms with Crippen LogP contribution in [0.3, 0.4) is 0 Å². The van der Waals surface area contributed by atoms with Gasteiger partial charge < -0.3 is 10.0 Å². The smallest absolute Gasteiger partial charge is 0.0787 e. The molecule has 1 aromatic rings. The molecule has 106 valence electrons. The second-order valence-electron chi connectivity index (χ2n) is 6.12. The Morgan fingerprint density at radius 3 is 2.32 bits per heavy atom. The Morgan fingerprint density at radius 2 is 1.84 bits per heavy atom. The van der Waals surface area contributed by atoms with Crippen molar-refractivity contribution in [3.63, 3.8) is 0 Å². The van der Waals surface area contributed by atoms with Crippen LogP contribution in [-0.2, 0) is 0 Å². The number of anilines is 1. The number of nitrogens with zero attached hydrogens (tertiary/aromatic N) is 1. The molecule has 1 aliphatic rings. The third kappa shape index (κ3) is 3.97. The highest BCUT2D eigenvalue weighted by Gasteiger charge is 2.29. The van der Waals surface area contributed by atoms with Crippen molar-refractivity contribution >= 4 is 5.69 Å². The van der Waals surface area contributed by atoms with Gasteiger partial charge in [0.1, 0.15) is 0 Å². The van der Waals surface area contributed by atoms with E-state index in [0.717, 1.165) is 30.5 Å².